The fourth-order valence-electron chi connectivity index (χ4n) is 1.41. The van der Waals surface area contributed by atoms with E-state index in [0.29, 0.717) is 12.3 Å². The summed E-state index contributed by atoms with van der Waals surface area (Å²) in [5.74, 6) is 1.27. The molecule has 1 heterocycles. The molecule has 0 spiro atoms. The van der Waals surface area contributed by atoms with Crippen LogP contribution in [0.15, 0.2) is 0 Å². The SMILES string of the molecule is CN(C)C(=O)N1CCSCC1S(C)(=O)=O. The highest BCUT2D eigenvalue weighted by Crippen LogP contribution is 2.20. The van der Waals surface area contributed by atoms with Crippen molar-refractivity contribution in [1.82, 2.24) is 9.80 Å². The van der Waals surface area contributed by atoms with Crippen LogP contribution in [-0.2, 0) is 9.84 Å². The van der Waals surface area contributed by atoms with E-state index in [1.807, 2.05) is 0 Å². The van der Waals surface area contributed by atoms with E-state index in [0.717, 1.165) is 5.75 Å². The molecular formula is C8H16N2O3S2. The number of hydrogen-bond donors (Lipinski definition) is 0. The fourth-order valence-corrected chi connectivity index (χ4v) is 4.22. The predicted octanol–water partition coefficient (Wildman–Crippen LogP) is 0.0875. The van der Waals surface area contributed by atoms with Crippen molar-refractivity contribution in [2.24, 2.45) is 0 Å². The molecule has 1 saturated heterocycles. The lowest BCUT2D eigenvalue weighted by molar-refractivity contribution is 0.169. The Morgan fingerprint density at radius 2 is 2.07 bits per heavy atom. The fraction of sp³-hybridized carbons (Fsp3) is 0.875. The minimum atomic E-state index is -3.20. The largest absolute Gasteiger partial charge is 0.331 e. The van der Waals surface area contributed by atoms with E-state index in [9.17, 15) is 13.2 Å². The Labute approximate surface area is 94.7 Å². The van der Waals surface area contributed by atoms with Gasteiger partial charge >= 0.3 is 6.03 Å². The van der Waals surface area contributed by atoms with Crippen LogP contribution in [0.2, 0.25) is 0 Å². The molecule has 0 N–H and O–H groups in total. The van der Waals surface area contributed by atoms with Crippen LogP contribution in [-0.4, -0.2) is 68.0 Å². The van der Waals surface area contributed by atoms with Crippen molar-refractivity contribution in [2.75, 3.05) is 38.4 Å². The molecule has 1 unspecified atom stereocenters. The monoisotopic (exact) mass is 252 g/mol. The van der Waals surface area contributed by atoms with Crippen molar-refractivity contribution in [3.8, 4) is 0 Å². The molecular weight excluding hydrogens is 236 g/mol. The number of carbonyl (C=O) groups excluding carboxylic acids is 1. The normalized spacial score (nSPS) is 22.6. The summed E-state index contributed by atoms with van der Waals surface area (Å²) in [5.41, 5.74) is 0. The smallest absolute Gasteiger partial charge is 0.320 e. The lowest BCUT2D eigenvalue weighted by atomic mass is 10.5. The van der Waals surface area contributed by atoms with Gasteiger partial charge in [-0.1, -0.05) is 0 Å². The molecule has 0 aliphatic carbocycles. The van der Waals surface area contributed by atoms with Gasteiger partial charge in [-0.25, -0.2) is 13.2 Å². The molecule has 1 aliphatic rings. The first-order valence-electron chi connectivity index (χ1n) is 4.58. The van der Waals surface area contributed by atoms with Gasteiger partial charge in [0, 0.05) is 38.4 Å². The van der Waals surface area contributed by atoms with Crippen molar-refractivity contribution in [3.63, 3.8) is 0 Å². The summed E-state index contributed by atoms with van der Waals surface area (Å²) in [5, 5.41) is -0.675. The van der Waals surface area contributed by atoms with Crippen LogP contribution >= 0.6 is 11.8 Å². The third-order valence-corrected chi connectivity index (χ3v) is 4.85. The van der Waals surface area contributed by atoms with E-state index in [-0.39, 0.29) is 6.03 Å². The van der Waals surface area contributed by atoms with Crippen LogP contribution in [0.3, 0.4) is 0 Å². The van der Waals surface area contributed by atoms with Crippen LogP contribution in [0.5, 0.6) is 0 Å². The number of hydrogen-bond acceptors (Lipinski definition) is 4. The van der Waals surface area contributed by atoms with Crippen molar-refractivity contribution < 1.29 is 13.2 Å². The lowest BCUT2D eigenvalue weighted by Gasteiger charge is -2.35. The minimum Gasteiger partial charge on any atom is -0.331 e. The highest BCUT2D eigenvalue weighted by atomic mass is 32.2. The molecule has 7 heteroatoms. The summed E-state index contributed by atoms with van der Waals surface area (Å²) < 4.78 is 23.0. The summed E-state index contributed by atoms with van der Waals surface area (Å²) in [6.45, 7) is 0.499. The molecule has 2 amide bonds. The Hall–Kier alpha value is -0.430. The molecule has 1 fully saturated rings. The Balaban J connectivity index is 2.89. The molecule has 1 atom stereocenters. The van der Waals surface area contributed by atoms with Crippen molar-refractivity contribution in [2.45, 2.75) is 5.37 Å². The first-order chi connectivity index (χ1) is 6.84. The third-order valence-electron chi connectivity index (χ3n) is 2.21. The van der Waals surface area contributed by atoms with Crippen molar-refractivity contribution in [3.05, 3.63) is 0 Å². The minimum absolute atomic E-state index is 0.231. The maximum Gasteiger partial charge on any atom is 0.320 e. The van der Waals surface area contributed by atoms with Gasteiger partial charge < -0.3 is 9.80 Å². The molecule has 0 aromatic heterocycles. The van der Waals surface area contributed by atoms with Gasteiger partial charge in [0.25, 0.3) is 0 Å². The highest BCUT2D eigenvalue weighted by molar-refractivity contribution is 8.00. The van der Waals surface area contributed by atoms with E-state index < -0.39 is 15.2 Å². The van der Waals surface area contributed by atoms with E-state index in [4.69, 9.17) is 0 Å². The van der Waals surface area contributed by atoms with Gasteiger partial charge in [0.15, 0.2) is 9.84 Å². The highest BCUT2D eigenvalue weighted by Gasteiger charge is 2.34. The maximum absolute atomic E-state index is 11.7. The Morgan fingerprint density at radius 1 is 1.47 bits per heavy atom. The number of rotatable bonds is 1. The second kappa shape index (κ2) is 4.61. The summed E-state index contributed by atoms with van der Waals surface area (Å²) in [6, 6.07) is -0.231. The first kappa shape index (κ1) is 12.6. The number of nitrogens with zero attached hydrogens (tertiary/aromatic N) is 2. The van der Waals surface area contributed by atoms with E-state index in [1.54, 1.807) is 25.9 Å². The second-order valence-electron chi connectivity index (χ2n) is 3.73. The average Bonchev–Trinajstić information content (AvgIpc) is 2.15. The van der Waals surface area contributed by atoms with E-state index >= 15 is 0 Å². The number of urea groups is 1. The van der Waals surface area contributed by atoms with Crippen LogP contribution in [0.4, 0.5) is 4.79 Å². The molecule has 15 heavy (non-hydrogen) atoms. The Bertz CT molecular complexity index is 340. The third kappa shape index (κ3) is 3.01. The molecule has 0 aromatic carbocycles. The van der Waals surface area contributed by atoms with E-state index in [2.05, 4.69) is 0 Å². The lowest BCUT2D eigenvalue weighted by Crippen LogP contribution is -2.53. The molecule has 1 aliphatic heterocycles. The maximum atomic E-state index is 11.7. The molecule has 0 radical (unpaired) electrons. The number of carbonyl (C=O) groups is 1. The van der Waals surface area contributed by atoms with Gasteiger partial charge in [-0.3, -0.25) is 0 Å². The standard InChI is InChI=1S/C8H16N2O3S2/c1-9(2)8(11)10-4-5-14-6-7(10)15(3,12)13/h7H,4-6H2,1-3H3. The zero-order valence-electron chi connectivity index (χ0n) is 9.13. The number of amides is 2. The van der Waals surface area contributed by atoms with Gasteiger partial charge in [-0.05, 0) is 0 Å². The quantitative estimate of drug-likeness (QED) is 0.663. The molecule has 5 nitrogen and oxygen atoms in total. The summed E-state index contributed by atoms with van der Waals surface area (Å²) in [4.78, 5) is 14.6. The summed E-state index contributed by atoms with van der Waals surface area (Å²) >= 11 is 1.57. The zero-order valence-corrected chi connectivity index (χ0v) is 10.8. The Kier molecular flexibility index (Phi) is 3.88. The topological polar surface area (TPSA) is 57.7 Å². The second-order valence-corrected chi connectivity index (χ2v) is 7.08. The van der Waals surface area contributed by atoms with Crippen LogP contribution in [0.25, 0.3) is 0 Å². The zero-order chi connectivity index (χ0) is 11.6. The van der Waals surface area contributed by atoms with Crippen LogP contribution < -0.4 is 0 Å². The van der Waals surface area contributed by atoms with Crippen LogP contribution in [0, 0.1) is 0 Å². The van der Waals surface area contributed by atoms with Crippen molar-refractivity contribution in [1.29, 1.82) is 0 Å². The van der Waals surface area contributed by atoms with Gasteiger partial charge in [0.1, 0.15) is 5.37 Å². The number of sulfone groups is 1. The van der Waals surface area contributed by atoms with Gasteiger partial charge in [0.05, 0.1) is 0 Å². The first-order valence-corrected chi connectivity index (χ1v) is 7.69. The van der Waals surface area contributed by atoms with E-state index in [1.165, 1.54) is 16.1 Å². The van der Waals surface area contributed by atoms with Crippen LogP contribution in [0.1, 0.15) is 0 Å². The average molecular weight is 252 g/mol. The predicted molar refractivity (Wildman–Crippen MR) is 61.7 cm³/mol. The number of thioether (sulfide) groups is 1. The van der Waals surface area contributed by atoms with Crippen molar-refractivity contribution >= 4 is 27.6 Å². The molecule has 1 rings (SSSR count). The van der Waals surface area contributed by atoms with Gasteiger partial charge in [-0.15, -0.1) is 0 Å². The summed E-state index contributed by atoms with van der Waals surface area (Å²) in [6.07, 6.45) is 1.18. The van der Waals surface area contributed by atoms with Gasteiger partial charge in [-0.2, -0.15) is 11.8 Å². The molecule has 0 bridgehead atoms. The van der Waals surface area contributed by atoms with Gasteiger partial charge in [0.2, 0.25) is 0 Å². The molecule has 0 saturated carbocycles. The summed E-state index contributed by atoms with van der Waals surface area (Å²) in [7, 11) is 0.0608. The molecule has 0 aromatic rings. The molecule has 88 valence electrons. The Morgan fingerprint density at radius 3 is 2.53 bits per heavy atom.